The van der Waals surface area contributed by atoms with Gasteiger partial charge in [0.15, 0.2) is 0 Å². The monoisotopic (exact) mass is 315 g/mol. The van der Waals surface area contributed by atoms with E-state index >= 15 is 0 Å². The number of hydrogen-bond acceptors (Lipinski definition) is 5. The summed E-state index contributed by atoms with van der Waals surface area (Å²) in [7, 11) is 1.54. The average molecular weight is 315 g/mol. The van der Waals surface area contributed by atoms with Crippen LogP contribution in [0.4, 0.5) is 5.69 Å². The number of rotatable bonds is 3. The average Bonchev–Trinajstić information content (AvgIpc) is 2.86. The molecule has 2 aliphatic rings. The number of fused-ring (bicyclic) bond motifs is 1. The summed E-state index contributed by atoms with van der Waals surface area (Å²) in [6.07, 6.45) is 1.23. The van der Waals surface area contributed by atoms with Crippen molar-refractivity contribution in [1.29, 1.82) is 0 Å². The lowest BCUT2D eigenvalue weighted by Gasteiger charge is -2.10. The Morgan fingerprint density at radius 1 is 1.36 bits per heavy atom. The van der Waals surface area contributed by atoms with Crippen LogP contribution in [0.25, 0.3) is 0 Å². The molecule has 22 heavy (non-hydrogen) atoms. The van der Waals surface area contributed by atoms with Gasteiger partial charge in [-0.05, 0) is 24.6 Å². The number of nitrogens with zero attached hydrogens (tertiary/aromatic N) is 2. The molecule has 0 fully saturated rings. The molecule has 2 amide bonds. The molecule has 0 spiro atoms. The molecule has 1 N–H and O–H groups in total. The van der Waals surface area contributed by atoms with E-state index in [4.69, 9.17) is 4.74 Å². The smallest absolute Gasteiger partial charge is 0.262 e. The molecule has 0 aromatic heterocycles. The van der Waals surface area contributed by atoms with Crippen LogP contribution in [0.2, 0.25) is 0 Å². The molecule has 0 saturated carbocycles. The fourth-order valence-electron chi connectivity index (χ4n) is 2.32. The Morgan fingerprint density at radius 2 is 2.14 bits per heavy atom. The van der Waals surface area contributed by atoms with Crippen LogP contribution in [0.5, 0.6) is 5.75 Å². The third kappa shape index (κ3) is 2.43. The molecule has 112 valence electrons. The van der Waals surface area contributed by atoms with Crippen LogP contribution < -0.4 is 10.1 Å². The lowest BCUT2D eigenvalue weighted by Crippen LogP contribution is -2.21. The molecule has 1 unspecified atom stereocenters. The van der Waals surface area contributed by atoms with E-state index in [2.05, 4.69) is 15.3 Å². The first-order chi connectivity index (χ1) is 10.6. The topological polar surface area (TPSA) is 80.1 Å². The Hall–Kier alpha value is -2.41. The molecule has 1 atom stereocenters. The second-order valence-corrected chi connectivity index (χ2v) is 5.78. The summed E-state index contributed by atoms with van der Waals surface area (Å²) in [4.78, 5) is 32.6. The molecule has 6 nitrogen and oxygen atoms in total. The summed E-state index contributed by atoms with van der Waals surface area (Å²) in [6, 6.07) is 7.15. The third-order valence-corrected chi connectivity index (χ3v) is 4.68. The molecule has 2 aliphatic heterocycles. The van der Waals surface area contributed by atoms with E-state index < -0.39 is 5.92 Å². The molecule has 0 radical (unpaired) electrons. The molecule has 0 bridgehead atoms. The molecular weight excluding hydrogens is 302 g/mol. The SMILES string of the molecule is COc1ccccc1NC(=O)C1=C(C)C2C(=O)N=CN=C2S1. The van der Waals surface area contributed by atoms with Crippen molar-refractivity contribution in [2.45, 2.75) is 6.92 Å². The highest BCUT2D eigenvalue weighted by atomic mass is 32.2. The molecule has 1 aromatic carbocycles. The minimum absolute atomic E-state index is 0.281. The van der Waals surface area contributed by atoms with Crippen LogP contribution in [-0.2, 0) is 9.59 Å². The lowest BCUT2D eigenvalue weighted by atomic mass is 10.00. The minimum atomic E-state index is -0.520. The highest BCUT2D eigenvalue weighted by Crippen LogP contribution is 2.40. The van der Waals surface area contributed by atoms with E-state index in [0.717, 1.165) is 0 Å². The number of anilines is 1. The quantitative estimate of drug-likeness (QED) is 0.927. The lowest BCUT2D eigenvalue weighted by molar-refractivity contribution is -0.118. The fourth-order valence-corrected chi connectivity index (χ4v) is 3.45. The van der Waals surface area contributed by atoms with E-state index in [1.54, 1.807) is 26.2 Å². The summed E-state index contributed by atoms with van der Waals surface area (Å²) in [5.41, 5.74) is 1.26. The van der Waals surface area contributed by atoms with Crippen LogP contribution in [0, 0.1) is 5.92 Å². The van der Waals surface area contributed by atoms with Crippen molar-refractivity contribution in [2.24, 2.45) is 15.9 Å². The highest BCUT2D eigenvalue weighted by molar-refractivity contribution is 8.18. The highest BCUT2D eigenvalue weighted by Gasteiger charge is 2.39. The van der Waals surface area contributed by atoms with E-state index in [0.29, 0.717) is 27.0 Å². The van der Waals surface area contributed by atoms with Gasteiger partial charge in [0, 0.05) is 0 Å². The first-order valence-electron chi connectivity index (χ1n) is 6.59. The first-order valence-corrected chi connectivity index (χ1v) is 7.40. The fraction of sp³-hybridized carbons (Fsp3) is 0.200. The number of carbonyl (C=O) groups is 2. The molecular formula is C15H13N3O3S. The Morgan fingerprint density at radius 3 is 2.86 bits per heavy atom. The van der Waals surface area contributed by atoms with Crippen molar-refractivity contribution in [3.63, 3.8) is 0 Å². The van der Waals surface area contributed by atoms with Crippen LogP contribution >= 0.6 is 11.8 Å². The van der Waals surface area contributed by atoms with Crippen LogP contribution in [0.1, 0.15) is 6.92 Å². The first kappa shape index (κ1) is 14.5. The molecule has 3 rings (SSSR count). The van der Waals surface area contributed by atoms with Gasteiger partial charge < -0.3 is 10.1 Å². The summed E-state index contributed by atoms with van der Waals surface area (Å²) < 4.78 is 5.21. The number of methoxy groups -OCH3 is 1. The van der Waals surface area contributed by atoms with Gasteiger partial charge in [0.2, 0.25) is 0 Å². The zero-order valence-corrected chi connectivity index (χ0v) is 12.8. The molecule has 7 heteroatoms. The number of benzene rings is 1. The molecule has 1 aromatic rings. The van der Waals surface area contributed by atoms with E-state index in [1.165, 1.54) is 18.1 Å². The van der Waals surface area contributed by atoms with Gasteiger partial charge in [-0.3, -0.25) is 9.59 Å². The summed E-state index contributed by atoms with van der Waals surface area (Å²) in [5, 5.41) is 3.41. The largest absolute Gasteiger partial charge is 0.495 e. The van der Waals surface area contributed by atoms with Crippen LogP contribution in [-0.4, -0.2) is 30.3 Å². The Labute approximate surface area is 131 Å². The normalized spacial score (nSPS) is 19.8. The van der Waals surface area contributed by atoms with Crippen molar-refractivity contribution < 1.29 is 14.3 Å². The summed E-state index contributed by atoms with van der Waals surface area (Å²) in [6.45, 7) is 1.76. The number of ether oxygens (including phenoxy) is 1. The standard InChI is InChI=1S/C15H13N3O3S/c1-8-11-13(19)16-7-17-15(11)22-12(8)14(20)18-9-5-3-4-6-10(9)21-2/h3-7,11H,1-2H3,(H,18,20). The number of carbonyl (C=O) groups excluding carboxylic acids is 2. The maximum Gasteiger partial charge on any atom is 0.262 e. The van der Waals surface area contributed by atoms with Gasteiger partial charge in [-0.25, -0.2) is 9.98 Å². The second kappa shape index (κ2) is 5.76. The van der Waals surface area contributed by atoms with Gasteiger partial charge in [-0.1, -0.05) is 23.9 Å². The van der Waals surface area contributed by atoms with Gasteiger partial charge in [0.1, 0.15) is 18.0 Å². The zero-order chi connectivity index (χ0) is 15.7. The van der Waals surface area contributed by atoms with E-state index in [1.807, 2.05) is 12.1 Å². The van der Waals surface area contributed by atoms with Crippen molar-refractivity contribution in [1.82, 2.24) is 0 Å². The van der Waals surface area contributed by atoms with Gasteiger partial charge in [-0.15, -0.1) is 0 Å². The predicted octanol–water partition coefficient (Wildman–Crippen LogP) is 2.24. The molecule has 2 heterocycles. The summed E-state index contributed by atoms with van der Waals surface area (Å²) in [5.74, 6) is -0.508. The van der Waals surface area contributed by atoms with Gasteiger partial charge >= 0.3 is 0 Å². The molecule has 0 saturated heterocycles. The third-order valence-electron chi connectivity index (χ3n) is 3.42. The number of amides is 2. The molecule has 0 aliphatic carbocycles. The second-order valence-electron chi connectivity index (χ2n) is 4.75. The number of aliphatic imine (C=N–C) groups is 2. The minimum Gasteiger partial charge on any atom is -0.495 e. The Kier molecular flexibility index (Phi) is 3.81. The van der Waals surface area contributed by atoms with Crippen molar-refractivity contribution in [3.05, 3.63) is 34.7 Å². The Balaban J connectivity index is 1.86. The van der Waals surface area contributed by atoms with Crippen molar-refractivity contribution >= 4 is 40.6 Å². The number of nitrogens with one attached hydrogen (secondary N) is 1. The number of hydrogen-bond donors (Lipinski definition) is 1. The zero-order valence-electron chi connectivity index (χ0n) is 12.0. The predicted molar refractivity (Wildman–Crippen MR) is 86.3 cm³/mol. The maximum atomic E-state index is 12.5. The number of thioether (sulfide) groups is 1. The van der Waals surface area contributed by atoms with Crippen LogP contribution in [0.15, 0.2) is 44.7 Å². The van der Waals surface area contributed by atoms with Crippen molar-refractivity contribution in [3.8, 4) is 5.75 Å². The van der Waals surface area contributed by atoms with E-state index in [-0.39, 0.29) is 11.8 Å². The Bertz CT molecular complexity index is 752. The maximum absolute atomic E-state index is 12.5. The van der Waals surface area contributed by atoms with Gasteiger partial charge in [0.05, 0.1) is 22.7 Å². The van der Waals surface area contributed by atoms with E-state index in [9.17, 15) is 9.59 Å². The van der Waals surface area contributed by atoms with Gasteiger partial charge in [0.25, 0.3) is 11.8 Å². The van der Waals surface area contributed by atoms with Crippen LogP contribution in [0.3, 0.4) is 0 Å². The summed E-state index contributed by atoms with van der Waals surface area (Å²) >= 11 is 1.21. The number of para-hydroxylation sites is 2. The van der Waals surface area contributed by atoms with Gasteiger partial charge in [-0.2, -0.15) is 0 Å². The van der Waals surface area contributed by atoms with Crippen molar-refractivity contribution in [2.75, 3.05) is 12.4 Å².